The molecule has 35 heavy (non-hydrogen) atoms. The molecule has 0 radical (unpaired) electrons. The van der Waals surface area contributed by atoms with Crippen molar-refractivity contribution in [2.24, 2.45) is 4.99 Å². The zero-order valence-electron chi connectivity index (χ0n) is 18.6. The minimum Gasteiger partial charge on any atom is -0.311 e. The third-order valence-electron chi connectivity index (χ3n) is 5.49. The molecule has 1 aliphatic rings. The van der Waals surface area contributed by atoms with E-state index in [4.69, 9.17) is 0 Å². The van der Waals surface area contributed by atoms with Crippen LogP contribution in [0, 0.1) is 0 Å². The molecule has 3 amide bonds. The molecule has 0 bridgehead atoms. The number of amides is 3. The number of H-pyrrole nitrogens is 1. The lowest BCUT2D eigenvalue weighted by molar-refractivity contribution is -0.119. The molecule has 3 N–H and O–H groups in total. The van der Waals surface area contributed by atoms with E-state index in [1.54, 1.807) is 31.3 Å². The number of rotatable bonds is 4. The Morgan fingerprint density at radius 2 is 1.71 bits per heavy atom. The first-order chi connectivity index (χ1) is 17.0. The summed E-state index contributed by atoms with van der Waals surface area (Å²) in [5.41, 5.74) is 3.87. The number of aromatic amines is 1. The zero-order valence-corrected chi connectivity index (χ0v) is 18.6. The Bertz CT molecular complexity index is 1490. The van der Waals surface area contributed by atoms with Crippen molar-refractivity contribution in [3.63, 3.8) is 0 Å². The third-order valence-corrected chi connectivity index (χ3v) is 5.49. The summed E-state index contributed by atoms with van der Waals surface area (Å²) >= 11 is 0. The number of fused-ring (bicyclic) bond motifs is 1. The van der Waals surface area contributed by atoms with Crippen LogP contribution < -0.4 is 21.3 Å². The van der Waals surface area contributed by atoms with Gasteiger partial charge in [-0.15, -0.1) is 0 Å². The number of hydrogen-bond acceptors (Lipinski definition) is 6. The number of carbonyl (C=O) groups is 2. The van der Waals surface area contributed by atoms with Gasteiger partial charge in [-0.3, -0.25) is 14.3 Å². The number of para-hydroxylation sites is 1. The third kappa shape index (κ3) is 4.44. The maximum atomic E-state index is 13.2. The van der Waals surface area contributed by atoms with Gasteiger partial charge in [0.25, 0.3) is 5.91 Å². The monoisotopic (exact) mass is 468 g/mol. The van der Waals surface area contributed by atoms with Gasteiger partial charge >= 0.3 is 11.8 Å². The van der Waals surface area contributed by atoms with Gasteiger partial charge in [-0.2, -0.15) is 0 Å². The molecule has 10 nitrogen and oxygen atoms in total. The van der Waals surface area contributed by atoms with Crippen molar-refractivity contribution < 1.29 is 14.1 Å². The molecule has 0 fully saturated rings. The van der Waals surface area contributed by atoms with E-state index in [-0.39, 0.29) is 11.7 Å². The molecule has 0 spiro atoms. The Labute approximate surface area is 199 Å². The summed E-state index contributed by atoms with van der Waals surface area (Å²) in [6.45, 7) is 0. The van der Waals surface area contributed by atoms with E-state index >= 15 is 0 Å². The van der Waals surface area contributed by atoms with Gasteiger partial charge in [0.15, 0.2) is 5.82 Å². The number of nitrogens with zero attached hydrogens (tertiary/aromatic N) is 3. The first-order valence-corrected chi connectivity index (χ1v) is 10.7. The van der Waals surface area contributed by atoms with Crippen LogP contribution in [0.15, 0.2) is 93.2 Å². The van der Waals surface area contributed by atoms with E-state index in [0.717, 1.165) is 11.1 Å². The van der Waals surface area contributed by atoms with Gasteiger partial charge in [-0.25, -0.2) is 14.6 Å². The van der Waals surface area contributed by atoms with E-state index in [1.165, 1.54) is 4.90 Å². The molecular weight excluding hydrogens is 448 g/mol. The zero-order chi connectivity index (χ0) is 24.4. The van der Waals surface area contributed by atoms with Crippen molar-refractivity contribution in [1.29, 1.82) is 0 Å². The second-order valence-electron chi connectivity index (χ2n) is 7.78. The SMILES string of the molecule is CN1C(=O)[C@@H](NC(=O)Nc2cccc(-c3noc(=O)[nH]3)c2)N=C(c2ccccc2)c2ccccc21. The Morgan fingerprint density at radius 3 is 2.49 bits per heavy atom. The van der Waals surface area contributed by atoms with Crippen LogP contribution in [0.4, 0.5) is 16.2 Å². The predicted molar refractivity (Wildman–Crippen MR) is 130 cm³/mol. The maximum absolute atomic E-state index is 13.2. The van der Waals surface area contributed by atoms with Gasteiger partial charge in [0, 0.05) is 29.4 Å². The highest BCUT2D eigenvalue weighted by molar-refractivity contribution is 6.20. The van der Waals surface area contributed by atoms with Crippen molar-refractivity contribution in [2.75, 3.05) is 17.3 Å². The Hall–Kier alpha value is -4.99. The van der Waals surface area contributed by atoms with E-state index in [2.05, 4.69) is 30.3 Å². The van der Waals surface area contributed by atoms with Gasteiger partial charge in [0.05, 0.1) is 11.4 Å². The molecule has 1 atom stereocenters. The molecule has 0 saturated carbocycles. The first-order valence-electron chi connectivity index (χ1n) is 10.7. The van der Waals surface area contributed by atoms with E-state index in [9.17, 15) is 14.4 Å². The topological polar surface area (TPSA) is 133 Å². The number of likely N-dealkylation sites (N-methyl/N-ethyl adjacent to an activating group) is 1. The molecule has 0 saturated heterocycles. The van der Waals surface area contributed by atoms with Gasteiger partial charge in [-0.05, 0) is 18.2 Å². The maximum Gasteiger partial charge on any atom is 0.439 e. The molecule has 2 heterocycles. The molecule has 0 aliphatic carbocycles. The molecule has 1 aromatic heterocycles. The number of benzene rings is 3. The second-order valence-corrected chi connectivity index (χ2v) is 7.78. The Kier molecular flexibility index (Phi) is 5.68. The number of aliphatic imine (C=N–C) groups is 1. The summed E-state index contributed by atoms with van der Waals surface area (Å²) in [5.74, 6) is -0.831. The summed E-state index contributed by atoms with van der Waals surface area (Å²) in [7, 11) is 1.65. The van der Waals surface area contributed by atoms with Gasteiger partial charge in [0.1, 0.15) is 0 Å². The fourth-order valence-corrected chi connectivity index (χ4v) is 3.83. The summed E-state index contributed by atoms with van der Waals surface area (Å²) < 4.78 is 4.53. The van der Waals surface area contributed by atoms with Crippen LogP contribution >= 0.6 is 0 Å². The van der Waals surface area contributed by atoms with Crippen LogP contribution in [-0.4, -0.2) is 41.0 Å². The smallest absolute Gasteiger partial charge is 0.311 e. The molecule has 174 valence electrons. The van der Waals surface area contributed by atoms with Gasteiger partial charge in [-0.1, -0.05) is 65.8 Å². The molecule has 3 aromatic carbocycles. The number of nitrogens with one attached hydrogen (secondary N) is 3. The minimum atomic E-state index is -1.15. The number of urea groups is 1. The molecule has 4 aromatic rings. The Balaban J connectivity index is 1.43. The van der Waals surface area contributed by atoms with Gasteiger partial charge in [0.2, 0.25) is 6.17 Å². The van der Waals surface area contributed by atoms with Crippen molar-refractivity contribution >= 4 is 29.0 Å². The average Bonchev–Trinajstić information content (AvgIpc) is 3.29. The highest BCUT2D eigenvalue weighted by Crippen LogP contribution is 2.27. The van der Waals surface area contributed by atoms with Crippen LogP contribution in [0.25, 0.3) is 11.4 Å². The van der Waals surface area contributed by atoms with Crippen molar-refractivity contribution in [1.82, 2.24) is 15.5 Å². The largest absolute Gasteiger partial charge is 0.439 e. The van der Waals surface area contributed by atoms with E-state index < -0.39 is 18.0 Å². The number of anilines is 2. The van der Waals surface area contributed by atoms with Crippen LogP contribution in [0.2, 0.25) is 0 Å². The fraction of sp³-hybridized carbons (Fsp3) is 0.0800. The Morgan fingerprint density at radius 1 is 0.971 bits per heavy atom. The highest BCUT2D eigenvalue weighted by Gasteiger charge is 2.31. The number of benzodiazepines with no additional fused rings is 1. The van der Waals surface area contributed by atoms with Crippen LogP contribution in [0.5, 0.6) is 0 Å². The second kappa shape index (κ2) is 9.10. The summed E-state index contributed by atoms with van der Waals surface area (Å²) in [5, 5.41) is 9.01. The normalized spacial score (nSPS) is 15.1. The number of carbonyl (C=O) groups excluding carboxylic acids is 2. The van der Waals surface area contributed by atoms with Crippen LogP contribution in [0.3, 0.4) is 0 Å². The quantitative estimate of drug-likeness (QED) is 0.424. The van der Waals surface area contributed by atoms with Gasteiger partial charge < -0.3 is 15.5 Å². The van der Waals surface area contributed by atoms with Crippen molar-refractivity contribution in [3.05, 3.63) is 101 Å². The van der Waals surface area contributed by atoms with Crippen LogP contribution in [-0.2, 0) is 4.79 Å². The lowest BCUT2D eigenvalue weighted by Gasteiger charge is -2.21. The van der Waals surface area contributed by atoms with Crippen molar-refractivity contribution in [3.8, 4) is 11.4 Å². The standard InChI is InChI=1S/C25H20N6O4/c1-31-19-13-6-5-12-18(19)20(15-8-3-2-4-9-15)27-22(23(31)32)28-24(33)26-17-11-7-10-16(14-17)21-29-25(34)35-30-21/h2-14,22H,1H3,(H2,26,28,33)(H,29,30,34)/t22-/m1/s1. The molecule has 10 heteroatoms. The number of hydrogen-bond donors (Lipinski definition) is 3. The molecular formula is C25H20N6O4. The van der Waals surface area contributed by atoms with E-state index in [0.29, 0.717) is 22.6 Å². The molecule has 0 unspecified atom stereocenters. The predicted octanol–water partition coefficient (Wildman–Crippen LogP) is 2.99. The average molecular weight is 468 g/mol. The first kappa shape index (κ1) is 21.8. The van der Waals surface area contributed by atoms with Crippen LogP contribution in [0.1, 0.15) is 11.1 Å². The molecule has 5 rings (SSSR count). The summed E-state index contributed by atoms with van der Waals surface area (Å²) in [6.07, 6.45) is -1.15. The lowest BCUT2D eigenvalue weighted by atomic mass is 10.0. The minimum absolute atomic E-state index is 0.231. The number of aromatic nitrogens is 2. The lowest BCUT2D eigenvalue weighted by Crippen LogP contribution is -2.47. The summed E-state index contributed by atoms with van der Waals surface area (Å²) in [6, 6.07) is 23.0. The fourth-order valence-electron chi connectivity index (χ4n) is 3.83. The highest BCUT2D eigenvalue weighted by atomic mass is 16.5. The van der Waals surface area contributed by atoms with E-state index in [1.807, 2.05) is 54.6 Å². The summed E-state index contributed by atoms with van der Waals surface area (Å²) in [4.78, 5) is 45.9. The molecule has 1 aliphatic heterocycles. The van der Waals surface area contributed by atoms with Crippen molar-refractivity contribution in [2.45, 2.75) is 6.17 Å².